The van der Waals surface area contributed by atoms with Crippen molar-refractivity contribution in [2.45, 2.75) is 24.1 Å². The molecule has 3 rings (SSSR count). The van der Waals surface area contributed by atoms with Crippen molar-refractivity contribution in [2.24, 2.45) is 0 Å². The first-order chi connectivity index (χ1) is 8.74. The maximum atomic E-state index is 13.1. The smallest absolute Gasteiger partial charge is 0.123 e. The Balaban J connectivity index is 1.72. The minimum atomic E-state index is -0.189. The maximum Gasteiger partial charge on any atom is 0.123 e. The number of alkyl halides is 1. The van der Waals surface area contributed by atoms with E-state index in [1.54, 1.807) is 12.1 Å². The molecule has 0 nitrogen and oxygen atoms in total. The van der Waals surface area contributed by atoms with Crippen LogP contribution in [0.25, 0.3) is 0 Å². The highest BCUT2D eigenvalue weighted by Gasteiger charge is 2.31. The molecular weight excluding hydrogens is 247 g/mol. The van der Waals surface area contributed by atoms with Crippen LogP contribution in [0.4, 0.5) is 4.39 Å². The summed E-state index contributed by atoms with van der Waals surface area (Å²) in [5.41, 5.74) is 3.72. The van der Waals surface area contributed by atoms with Gasteiger partial charge in [0.15, 0.2) is 0 Å². The Bertz CT molecular complexity index is 565. The van der Waals surface area contributed by atoms with Crippen molar-refractivity contribution < 1.29 is 4.39 Å². The van der Waals surface area contributed by atoms with Crippen LogP contribution in [0.1, 0.15) is 22.6 Å². The number of halogens is 2. The summed E-state index contributed by atoms with van der Waals surface area (Å²) in [7, 11) is 0. The van der Waals surface area contributed by atoms with Gasteiger partial charge in [0.1, 0.15) is 5.82 Å². The first kappa shape index (κ1) is 11.7. The molecule has 0 N–H and O–H groups in total. The summed E-state index contributed by atoms with van der Waals surface area (Å²) >= 11 is 6.47. The number of rotatable bonds is 3. The van der Waals surface area contributed by atoms with Gasteiger partial charge in [0, 0.05) is 11.3 Å². The Morgan fingerprint density at radius 3 is 2.78 bits per heavy atom. The van der Waals surface area contributed by atoms with Crippen LogP contribution >= 0.6 is 11.6 Å². The summed E-state index contributed by atoms with van der Waals surface area (Å²) in [5.74, 6) is 0.219. The van der Waals surface area contributed by atoms with E-state index in [1.165, 1.54) is 17.2 Å². The third kappa shape index (κ3) is 2.15. The summed E-state index contributed by atoms with van der Waals surface area (Å²) < 4.78 is 13.1. The first-order valence-electron chi connectivity index (χ1n) is 6.20. The molecular formula is C16H14ClF. The van der Waals surface area contributed by atoms with Gasteiger partial charge < -0.3 is 0 Å². The maximum absolute atomic E-state index is 13.1. The molecule has 2 aromatic rings. The largest absolute Gasteiger partial charge is 0.207 e. The molecule has 2 unspecified atom stereocenters. The molecule has 1 aliphatic rings. The van der Waals surface area contributed by atoms with Gasteiger partial charge in [-0.25, -0.2) is 4.39 Å². The molecule has 0 saturated heterocycles. The van der Waals surface area contributed by atoms with E-state index in [0.29, 0.717) is 5.92 Å². The molecule has 92 valence electrons. The Kier molecular flexibility index (Phi) is 3.09. The van der Waals surface area contributed by atoms with E-state index in [0.717, 1.165) is 18.4 Å². The molecule has 0 heterocycles. The fourth-order valence-electron chi connectivity index (χ4n) is 2.65. The lowest BCUT2D eigenvalue weighted by atomic mass is 9.74. The lowest BCUT2D eigenvalue weighted by Crippen LogP contribution is -2.26. The number of hydrogen-bond acceptors (Lipinski definition) is 0. The van der Waals surface area contributed by atoms with Crippen molar-refractivity contribution in [3.63, 3.8) is 0 Å². The Morgan fingerprint density at radius 2 is 2.00 bits per heavy atom. The van der Waals surface area contributed by atoms with Gasteiger partial charge >= 0.3 is 0 Å². The van der Waals surface area contributed by atoms with Gasteiger partial charge in [0.05, 0.1) is 0 Å². The van der Waals surface area contributed by atoms with Crippen molar-refractivity contribution in [3.05, 3.63) is 71.0 Å². The second-order valence-corrected chi connectivity index (χ2v) is 5.42. The molecule has 0 bridgehead atoms. The van der Waals surface area contributed by atoms with E-state index < -0.39 is 0 Å². The van der Waals surface area contributed by atoms with Gasteiger partial charge in [-0.2, -0.15) is 0 Å². The zero-order chi connectivity index (χ0) is 12.5. The second-order valence-electron chi connectivity index (χ2n) is 4.86. The highest BCUT2D eigenvalue weighted by Crippen LogP contribution is 2.40. The molecule has 0 aliphatic heterocycles. The molecule has 0 aromatic heterocycles. The minimum absolute atomic E-state index is 0.0432. The van der Waals surface area contributed by atoms with Crippen molar-refractivity contribution in [2.75, 3.05) is 0 Å². The average Bonchev–Trinajstić information content (AvgIpc) is 2.30. The van der Waals surface area contributed by atoms with Crippen LogP contribution in [-0.2, 0) is 12.8 Å². The lowest BCUT2D eigenvalue weighted by Gasteiger charge is -2.33. The molecule has 0 fully saturated rings. The summed E-state index contributed by atoms with van der Waals surface area (Å²) in [5, 5.41) is 0.0432. The van der Waals surface area contributed by atoms with Crippen LogP contribution in [0.2, 0.25) is 0 Å². The highest BCUT2D eigenvalue weighted by atomic mass is 35.5. The molecule has 2 aromatic carbocycles. The Hall–Kier alpha value is -1.34. The third-order valence-corrected chi connectivity index (χ3v) is 4.11. The van der Waals surface area contributed by atoms with E-state index >= 15 is 0 Å². The minimum Gasteiger partial charge on any atom is -0.207 e. The molecule has 1 aliphatic carbocycles. The highest BCUT2D eigenvalue weighted by molar-refractivity contribution is 6.21. The molecule has 2 heteroatoms. The van der Waals surface area contributed by atoms with E-state index in [2.05, 4.69) is 24.3 Å². The lowest BCUT2D eigenvalue weighted by molar-refractivity contribution is 0.565. The Labute approximate surface area is 111 Å². The second kappa shape index (κ2) is 4.74. The van der Waals surface area contributed by atoms with Gasteiger partial charge in [0.25, 0.3) is 0 Å². The predicted molar refractivity (Wildman–Crippen MR) is 72.6 cm³/mol. The first-order valence-corrected chi connectivity index (χ1v) is 6.64. The zero-order valence-corrected chi connectivity index (χ0v) is 10.7. The van der Waals surface area contributed by atoms with E-state index in [1.807, 2.05) is 6.07 Å². The van der Waals surface area contributed by atoms with Gasteiger partial charge in [-0.1, -0.05) is 36.4 Å². The van der Waals surface area contributed by atoms with Crippen LogP contribution in [0.15, 0.2) is 48.5 Å². The number of hydrogen-bond donors (Lipinski definition) is 0. The van der Waals surface area contributed by atoms with Crippen LogP contribution in [0.5, 0.6) is 0 Å². The monoisotopic (exact) mass is 260 g/mol. The standard InChI is InChI=1S/C16H14ClF/c17-16(9-11-4-3-6-13(18)8-11)15-10-12-5-1-2-7-14(12)15/h1-8,15-16H,9-10H2. The average molecular weight is 261 g/mol. The Morgan fingerprint density at radius 1 is 1.17 bits per heavy atom. The molecule has 2 atom stereocenters. The van der Waals surface area contributed by atoms with Crippen molar-refractivity contribution in [1.82, 2.24) is 0 Å². The molecule has 18 heavy (non-hydrogen) atoms. The number of benzene rings is 2. The summed E-state index contributed by atoms with van der Waals surface area (Å²) in [6.07, 6.45) is 1.76. The molecule has 0 spiro atoms. The fourth-order valence-corrected chi connectivity index (χ4v) is 3.05. The third-order valence-electron chi connectivity index (χ3n) is 3.65. The van der Waals surface area contributed by atoms with Crippen molar-refractivity contribution >= 4 is 11.6 Å². The topological polar surface area (TPSA) is 0 Å². The summed E-state index contributed by atoms with van der Waals surface area (Å²) in [6, 6.07) is 15.1. The van der Waals surface area contributed by atoms with Gasteiger partial charge in [-0.3, -0.25) is 0 Å². The van der Waals surface area contributed by atoms with Crippen LogP contribution in [0.3, 0.4) is 0 Å². The normalized spacial score (nSPS) is 18.9. The van der Waals surface area contributed by atoms with Gasteiger partial charge in [0.2, 0.25) is 0 Å². The van der Waals surface area contributed by atoms with Gasteiger partial charge in [-0.05, 0) is 41.7 Å². The molecule has 0 amide bonds. The van der Waals surface area contributed by atoms with Crippen molar-refractivity contribution in [1.29, 1.82) is 0 Å². The van der Waals surface area contributed by atoms with E-state index in [9.17, 15) is 4.39 Å². The zero-order valence-electron chi connectivity index (χ0n) is 9.94. The summed E-state index contributed by atoms with van der Waals surface area (Å²) in [4.78, 5) is 0. The van der Waals surface area contributed by atoms with E-state index in [-0.39, 0.29) is 11.2 Å². The quantitative estimate of drug-likeness (QED) is 0.721. The SMILES string of the molecule is Fc1cccc(CC(Cl)C2Cc3ccccc32)c1. The summed E-state index contributed by atoms with van der Waals surface area (Å²) in [6.45, 7) is 0. The van der Waals surface area contributed by atoms with Crippen LogP contribution < -0.4 is 0 Å². The van der Waals surface area contributed by atoms with Gasteiger partial charge in [-0.15, -0.1) is 11.6 Å². The fraction of sp³-hybridized carbons (Fsp3) is 0.250. The predicted octanol–water partition coefficient (Wildman–Crippen LogP) is 4.32. The van der Waals surface area contributed by atoms with Crippen LogP contribution in [-0.4, -0.2) is 5.38 Å². The van der Waals surface area contributed by atoms with E-state index in [4.69, 9.17) is 11.6 Å². The van der Waals surface area contributed by atoms with Crippen LogP contribution in [0, 0.1) is 5.82 Å². The van der Waals surface area contributed by atoms with Crippen molar-refractivity contribution in [3.8, 4) is 0 Å². The molecule has 0 saturated carbocycles. The number of fused-ring (bicyclic) bond motifs is 1. The molecule has 0 radical (unpaired) electrons.